The van der Waals surface area contributed by atoms with Crippen LogP contribution in [0, 0.1) is 10.8 Å². The number of nitrogens with one attached hydrogen (secondary N) is 1. The Kier molecular flexibility index (Phi) is 9.82. The summed E-state index contributed by atoms with van der Waals surface area (Å²) in [5.41, 5.74) is -1.59. The van der Waals surface area contributed by atoms with E-state index in [-0.39, 0.29) is 39.2 Å². The third-order valence-electron chi connectivity index (χ3n) is 9.69. The summed E-state index contributed by atoms with van der Waals surface area (Å²) in [6.45, 7) is 8.42. The first kappa shape index (κ1) is 35.9. The van der Waals surface area contributed by atoms with Crippen molar-refractivity contribution in [2.45, 2.75) is 109 Å². The van der Waals surface area contributed by atoms with Crippen LogP contribution in [0.5, 0.6) is 0 Å². The minimum atomic E-state index is -1.48. The van der Waals surface area contributed by atoms with Crippen molar-refractivity contribution in [3.63, 3.8) is 0 Å². The molecule has 4 heterocycles. The molecule has 272 valence electrons. The Hall–Kier alpha value is -3.89. The molecule has 0 spiro atoms. The molecule has 1 aromatic carbocycles. The fraction of sp³-hybridized carbons (Fsp3) is 0.629. The number of hydrogen-bond donors (Lipinski definition) is 2. The largest absolute Gasteiger partial charge is 0.462 e. The van der Waals surface area contributed by atoms with Crippen molar-refractivity contribution in [2.75, 3.05) is 20.0 Å². The molecule has 1 saturated carbocycles. The van der Waals surface area contributed by atoms with Gasteiger partial charge in [-0.1, -0.05) is 38.1 Å². The van der Waals surface area contributed by atoms with E-state index in [0.717, 1.165) is 0 Å². The highest BCUT2D eigenvalue weighted by Crippen LogP contribution is 2.55. The second kappa shape index (κ2) is 13.7. The van der Waals surface area contributed by atoms with Crippen LogP contribution in [0.4, 0.5) is 0 Å². The SMILES string of the molecule is CC(C)(C)OC(=O)CCC(CO)NC(=O)C12CC3OC(=O)C1N(Cc1ccccc1C=CC(=O)OC1C(=O)OCC1(C)C)OC2C1OCOC31. The van der Waals surface area contributed by atoms with Gasteiger partial charge in [0, 0.05) is 24.3 Å². The van der Waals surface area contributed by atoms with E-state index in [4.69, 9.17) is 33.3 Å². The number of amides is 1. The molecule has 0 aromatic heterocycles. The van der Waals surface area contributed by atoms with Crippen molar-refractivity contribution in [3.05, 3.63) is 41.5 Å². The Morgan fingerprint density at radius 2 is 1.86 bits per heavy atom. The number of esters is 4. The van der Waals surface area contributed by atoms with Gasteiger partial charge in [0.2, 0.25) is 12.0 Å². The molecule has 1 aliphatic carbocycles. The van der Waals surface area contributed by atoms with Crippen LogP contribution in [0.15, 0.2) is 30.3 Å². The minimum absolute atomic E-state index is 0.00776. The summed E-state index contributed by atoms with van der Waals surface area (Å²) in [6, 6.07) is 5.09. The molecule has 5 aliphatic rings. The van der Waals surface area contributed by atoms with E-state index >= 15 is 0 Å². The van der Waals surface area contributed by atoms with Gasteiger partial charge >= 0.3 is 23.9 Å². The molecule has 8 atom stereocenters. The number of cyclic esters (lactones) is 1. The van der Waals surface area contributed by atoms with Gasteiger partial charge < -0.3 is 38.8 Å². The lowest BCUT2D eigenvalue weighted by Crippen LogP contribution is -2.70. The predicted octanol–water partition coefficient (Wildman–Crippen LogP) is 1.34. The molecule has 6 rings (SSSR count). The number of carbonyl (C=O) groups excluding carboxylic acids is 5. The quantitative estimate of drug-likeness (QED) is 0.191. The minimum Gasteiger partial charge on any atom is -0.462 e. The highest BCUT2D eigenvalue weighted by molar-refractivity contribution is 5.94. The van der Waals surface area contributed by atoms with Crippen molar-refractivity contribution in [2.24, 2.45) is 10.8 Å². The van der Waals surface area contributed by atoms with Crippen LogP contribution in [0.25, 0.3) is 6.08 Å². The predicted molar refractivity (Wildman–Crippen MR) is 170 cm³/mol. The van der Waals surface area contributed by atoms with Gasteiger partial charge in [-0.15, -0.1) is 0 Å². The molecule has 50 heavy (non-hydrogen) atoms. The Bertz CT molecular complexity index is 1550. The normalized spacial score (nSPS) is 31.9. The average molecular weight is 701 g/mol. The molecule has 1 aromatic rings. The summed E-state index contributed by atoms with van der Waals surface area (Å²) in [4.78, 5) is 71.8. The number of carbonyl (C=O) groups is 5. The third kappa shape index (κ3) is 6.89. The number of hydroxylamine groups is 2. The maximum absolute atomic E-state index is 14.4. The monoisotopic (exact) mass is 700 g/mol. The highest BCUT2D eigenvalue weighted by atomic mass is 16.8. The van der Waals surface area contributed by atoms with E-state index < -0.39 is 95.4 Å². The Balaban J connectivity index is 1.23. The summed E-state index contributed by atoms with van der Waals surface area (Å²) >= 11 is 0. The third-order valence-corrected chi connectivity index (χ3v) is 9.69. The summed E-state index contributed by atoms with van der Waals surface area (Å²) in [7, 11) is 0. The molecule has 0 radical (unpaired) electrons. The average Bonchev–Trinajstić information content (AvgIpc) is 3.74. The molecule has 4 saturated heterocycles. The zero-order chi connectivity index (χ0) is 36.0. The zero-order valence-electron chi connectivity index (χ0n) is 28.7. The number of benzene rings is 1. The van der Waals surface area contributed by atoms with Gasteiger partial charge in [-0.25, -0.2) is 9.59 Å². The molecule has 4 aliphatic heterocycles. The van der Waals surface area contributed by atoms with Gasteiger partial charge in [0.15, 0.2) is 6.04 Å². The molecule has 15 nitrogen and oxygen atoms in total. The maximum Gasteiger partial charge on any atom is 0.348 e. The van der Waals surface area contributed by atoms with Crippen LogP contribution in [0.2, 0.25) is 0 Å². The first-order chi connectivity index (χ1) is 23.6. The first-order valence-electron chi connectivity index (χ1n) is 16.8. The van der Waals surface area contributed by atoms with Crippen molar-refractivity contribution in [3.8, 4) is 0 Å². The number of fused-ring (bicyclic) bond motifs is 4. The Morgan fingerprint density at radius 3 is 2.56 bits per heavy atom. The maximum atomic E-state index is 14.4. The van der Waals surface area contributed by atoms with Crippen LogP contribution >= 0.6 is 0 Å². The number of ether oxygens (including phenoxy) is 6. The van der Waals surface area contributed by atoms with Crippen molar-refractivity contribution in [1.29, 1.82) is 0 Å². The van der Waals surface area contributed by atoms with Gasteiger partial charge in [-0.05, 0) is 44.4 Å². The van der Waals surface area contributed by atoms with Crippen molar-refractivity contribution in [1.82, 2.24) is 10.4 Å². The fourth-order valence-corrected chi connectivity index (χ4v) is 7.30. The van der Waals surface area contributed by atoms with E-state index in [9.17, 15) is 29.1 Å². The van der Waals surface area contributed by atoms with E-state index in [2.05, 4.69) is 5.32 Å². The van der Waals surface area contributed by atoms with Gasteiger partial charge in [0.1, 0.15) is 48.8 Å². The number of rotatable bonds is 11. The number of nitrogens with zero attached hydrogens (tertiary/aromatic N) is 1. The molecular formula is C35H44N2O13. The van der Waals surface area contributed by atoms with Crippen LogP contribution < -0.4 is 5.32 Å². The van der Waals surface area contributed by atoms with Crippen molar-refractivity contribution < 1.29 is 62.3 Å². The summed E-state index contributed by atoms with van der Waals surface area (Å²) in [5, 5.41) is 14.4. The molecule has 2 bridgehead atoms. The van der Waals surface area contributed by atoms with E-state index in [0.29, 0.717) is 11.1 Å². The lowest BCUT2D eigenvalue weighted by atomic mass is 9.62. The van der Waals surface area contributed by atoms with Gasteiger partial charge in [-0.2, -0.15) is 5.06 Å². The van der Waals surface area contributed by atoms with Crippen molar-refractivity contribution >= 4 is 35.9 Å². The Labute approximate surface area is 289 Å². The fourth-order valence-electron chi connectivity index (χ4n) is 7.30. The van der Waals surface area contributed by atoms with Crippen LogP contribution in [-0.2, 0) is 63.8 Å². The van der Waals surface area contributed by atoms with Gasteiger partial charge in [-0.3, -0.25) is 19.2 Å². The first-order valence-corrected chi connectivity index (χ1v) is 16.8. The van der Waals surface area contributed by atoms with E-state index in [1.54, 1.807) is 58.9 Å². The lowest BCUT2D eigenvalue weighted by molar-refractivity contribution is -0.201. The van der Waals surface area contributed by atoms with E-state index in [1.807, 2.05) is 0 Å². The van der Waals surface area contributed by atoms with Crippen LogP contribution in [-0.4, -0.2) is 108 Å². The second-order valence-electron chi connectivity index (χ2n) is 15.0. The standard InChI is InChI=1S/C35H44N2O13/c1-33(2,3)49-24(40)13-11-21(16-38)36-32(43)35-14-22-25-26(46-18-45-25)28(35)50-37(27(35)30(41)47-22)15-20-9-7-6-8-19(20)10-12-23(39)48-29-31(42)44-17-34(29,4)5/h6-10,12,21-22,25-29,38H,11,13-18H2,1-5H3,(H,36,43). The van der Waals surface area contributed by atoms with Crippen LogP contribution in [0.1, 0.15) is 65.0 Å². The number of aliphatic hydroxyl groups is 1. The molecular weight excluding hydrogens is 656 g/mol. The smallest absolute Gasteiger partial charge is 0.348 e. The molecule has 1 amide bonds. The molecule has 8 unspecified atom stereocenters. The summed E-state index contributed by atoms with van der Waals surface area (Å²) in [6.07, 6.45) is -1.23. The second-order valence-corrected chi connectivity index (χ2v) is 15.0. The van der Waals surface area contributed by atoms with Crippen LogP contribution in [0.3, 0.4) is 0 Å². The van der Waals surface area contributed by atoms with Gasteiger partial charge in [0.05, 0.1) is 19.2 Å². The Morgan fingerprint density at radius 1 is 1.12 bits per heavy atom. The topological polar surface area (TPSA) is 185 Å². The summed E-state index contributed by atoms with van der Waals surface area (Å²) in [5.74, 6) is -3.02. The lowest BCUT2D eigenvalue weighted by Gasteiger charge is -2.49. The molecule has 15 heteroatoms. The summed E-state index contributed by atoms with van der Waals surface area (Å²) < 4.78 is 33.3. The number of hydrogen-bond acceptors (Lipinski definition) is 14. The van der Waals surface area contributed by atoms with Gasteiger partial charge in [0.25, 0.3) is 0 Å². The zero-order valence-corrected chi connectivity index (χ0v) is 28.7. The number of aliphatic hydroxyl groups excluding tert-OH is 1. The van der Waals surface area contributed by atoms with E-state index in [1.165, 1.54) is 17.2 Å². The molecule has 2 N–H and O–H groups in total. The molecule has 5 fully saturated rings. The highest BCUT2D eigenvalue weighted by Gasteiger charge is 2.74.